The number of aromatic nitrogens is 1. The molecule has 3 aromatic rings. The van der Waals surface area contributed by atoms with Crippen molar-refractivity contribution in [2.45, 2.75) is 51.5 Å². The second-order valence-corrected chi connectivity index (χ2v) is 10.1. The summed E-state index contributed by atoms with van der Waals surface area (Å²) in [6.07, 6.45) is 7.50. The number of benzene rings is 2. The summed E-state index contributed by atoms with van der Waals surface area (Å²) in [5.74, 6) is 0.878. The molecule has 2 heterocycles. The van der Waals surface area contributed by atoms with Crippen LogP contribution in [0.3, 0.4) is 0 Å². The third-order valence-corrected chi connectivity index (χ3v) is 7.53. The summed E-state index contributed by atoms with van der Waals surface area (Å²) in [4.78, 5) is 32.4. The third kappa shape index (κ3) is 6.01. The molecule has 0 radical (unpaired) electrons. The molecule has 5 rings (SSSR count). The first-order valence-electron chi connectivity index (χ1n) is 13.4. The zero-order valence-corrected chi connectivity index (χ0v) is 21.5. The van der Waals surface area contributed by atoms with Crippen molar-refractivity contribution in [3.63, 3.8) is 0 Å². The third-order valence-electron chi connectivity index (χ3n) is 7.53. The molecular weight excluding hydrogens is 462 g/mol. The molecule has 2 amide bonds. The van der Waals surface area contributed by atoms with Gasteiger partial charge in [-0.1, -0.05) is 54.8 Å². The van der Waals surface area contributed by atoms with Crippen molar-refractivity contribution in [2.75, 3.05) is 19.7 Å². The minimum atomic E-state index is -0.165. The lowest BCUT2D eigenvalue weighted by molar-refractivity contribution is -0.137. The Morgan fingerprint density at radius 3 is 2.62 bits per heavy atom. The molecule has 0 bridgehead atoms. The molecule has 1 fully saturated rings. The number of rotatable bonds is 8. The molecule has 0 unspecified atom stereocenters. The van der Waals surface area contributed by atoms with E-state index in [-0.39, 0.29) is 30.4 Å². The molecule has 192 valence electrons. The van der Waals surface area contributed by atoms with Crippen LogP contribution in [0.1, 0.15) is 59.7 Å². The van der Waals surface area contributed by atoms with E-state index in [0.29, 0.717) is 18.7 Å². The summed E-state index contributed by atoms with van der Waals surface area (Å²) in [6.45, 7) is 3.26. The second-order valence-electron chi connectivity index (χ2n) is 10.1. The zero-order valence-electron chi connectivity index (χ0n) is 21.5. The van der Waals surface area contributed by atoms with Gasteiger partial charge in [0.05, 0.1) is 6.04 Å². The van der Waals surface area contributed by atoms with Crippen LogP contribution in [-0.2, 0) is 22.4 Å². The van der Waals surface area contributed by atoms with Gasteiger partial charge in [-0.2, -0.15) is 0 Å². The lowest BCUT2D eigenvalue weighted by Crippen LogP contribution is -2.43. The summed E-state index contributed by atoms with van der Waals surface area (Å²) in [5.41, 5.74) is 5.57. The van der Waals surface area contributed by atoms with Gasteiger partial charge < -0.3 is 15.0 Å². The van der Waals surface area contributed by atoms with E-state index in [4.69, 9.17) is 4.74 Å². The lowest BCUT2D eigenvalue weighted by atomic mass is 9.86. The second kappa shape index (κ2) is 11.6. The van der Waals surface area contributed by atoms with Gasteiger partial charge in [-0.05, 0) is 67.1 Å². The van der Waals surface area contributed by atoms with Gasteiger partial charge in [0.25, 0.3) is 5.91 Å². The molecular formula is C31H35N3O3. The Balaban J connectivity index is 1.30. The molecule has 1 N–H and O–H groups in total. The summed E-state index contributed by atoms with van der Waals surface area (Å²) in [5, 5.41) is 2.90. The van der Waals surface area contributed by atoms with Crippen molar-refractivity contribution in [1.82, 2.24) is 15.2 Å². The normalized spacial score (nSPS) is 17.3. The fraction of sp³-hybridized carbons (Fsp3) is 0.387. The lowest BCUT2D eigenvalue weighted by Gasteiger charge is -2.39. The van der Waals surface area contributed by atoms with Crippen molar-refractivity contribution >= 4 is 11.8 Å². The Labute approximate surface area is 219 Å². The number of nitrogens with one attached hydrogen (secondary N) is 1. The highest BCUT2D eigenvalue weighted by atomic mass is 16.5. The maximum atomic E-state index is 13.6. The number of nitrogens with zero attached hydrogens (tertiary/aromatic N) is 2. The van der Waals surface area contributed by atoms with Crippen molar-refractivity contribution in [1.29, 1.82) is 0 Å². The fourth-order valence-corrected chi connectivity index (χ4v) is 5.51. The van der Waals surface area contributed by atoms with Crippen molar-refractivity contribution in [3.8, 4) is 5.75 Å². The zero-order chi connectivity index (χ0) is 25.6. The Hall–Kier alpha value is -3.67. The maximum Gasteiger partial charge on any atom is 0.257 e. The number of aryl methyl sites for hydroxylation is 1. The first-order valence-corrected chi connectivity index (χ1v) is 13.4. The van der Waals surface area contributed by atoms with Gasteiger partial charge in [0.15, 0.2) is 6.61 Å². The largest absolute Gasteiger partial charge is 0.484 e. The minimum absolute atomic E-state index is 0.0546. The number of pyridine rings is 1. The van der Waals surface area contributed by atoms with E-state index in [1.54, 1.807) is 6.20 Å². The van der Waals surface area contributed by atoms with Crippen LogP contribution in [0.4, 0.5) is 0 Å². The molecule has 6 nitrogen and oxygen atoms in total. The topological polar surface area (TPSA) is 71.5 Å². The predicted octanol–water partition coefficient (Wildman–Crippen LogP) is 4.79. The van der Waals surface area contributed by atoms with Crippen LogP contribution in [0.2, 0.25) is 0 Å². The Morgan fingerprint density at radius 2 is 1.86 bits per heavy atom. The summed E-state index contributed by atoms with van der Waals surface area (Å²) in [7, 11) is 0. The van der Waals surface area contributed by atoms with Crippen LogP contribution < -0.4 is 10.1 Å². The van der Waals surface area contributed by atoms with E-state index in [1.165, 1.54) is 11.1 Å². The average molecular weight is 498 g/mol. The van der Waals surface area contributed by atoms with Gasteiger partial charge >= 0.3 is 0 Å². The number of amides is 2. The van der Waals surface area contributed by atoms with Gasteiger partial charge in [-0.3, -0.25) is 14.6 Å². The smallest absolute Gasteiger partial charge is 0.257 e. The van der Waals surface area contributed by atoms with Crippen LogP contribution in [0, 0.1) is 12.8 Å². The first-order chi connectivity index (χ1) is 18.1. The van der Waals surface area contributed by atoms with Crippen LogP contribution in [0.5, 0.6) is 5.75 Å². The van der Waals surface area contributed by atoms with E-state index >= 15 is 0 Å². The minimum Gasteiger partial charge on any atom is -0.484 e. The van der Waals surface area contributed by atoms with Crippen molar-refractivity contribution in [3.05, 3.63) is 94.8 Å². The summed E-state index contributed by atoms with van der Waals surface area (Å²) >= 11 is 0. The number of hydrogen-bond donors (Lipinski definition) is 1. The van der Waals surface area contributed by atoms with Gasteiger partial charge in [-0.15, -0.1) is 0 Å². The predicted molar refractivity (Wildman–Crippen MR) is 143 cm³/mol. The standard InChI is InChI=1S/C31H35N3O3/c1-22-9-11-24(12-10-22)30-28-20-27(37-21-29(35)33-18-15-26-8-4-5-17-32-26)14-13-23(28)16-19-34(30)31(36)25-6-2-3-7-25/h4-5,8-14,17,20,25,30H,2-3,6-7,15-16,18-19,21H2,1H3,(H,33,35)/t30-/m1/s1. The van der Waals surface area contributed by atoms with Crippen LogP contribution >= 0.6 is 0 Å². The molecule has 0 spiro atoms. The number of carbonyl (C=O) groups is 2. The molecule has 1 aliphatic carbocycles. The van der Waals surface area contributed by atoms with E-state index in [2.05, 4.69) is 52.5 Å². The Morgan fingerprint density at radius 1 is 1.05 bits per heavy atom. The van der Waals surface area contributed by atoms with Gasteiger partial charge in [0, 0.05) is 37.3 Å². The highest BCUT2D eigenvalue weighted by Crippen LogP contribution is 2.39. The highest BCUT2D eigenvalue weighted by Gasteiger charge is 2.36. The molecule has 2 aromatic carbocycles. The fourth-order valence-electron chi connectivity index (χ4n) is 5.51. The Kier molecular flexibility index (Phi) is 7.83. The van der Waals surface area contributed by atoms with E-state index in [1.807, 2.05) is 30.3 Å². The molecule has 1 atom stereocenters. The first kappa shape index (κ1) is 25.0. The van der Waals surface area contributed by atoms with Crippen molar-refractivity contribution in [2.24, 2.45) is 5.92 Å². The van der Waals surface area contributed by atoms with Crippen LogP contribution in [0.15, 0.2) is 66.9 Å². The van der Waals surface area contributed by atoms with Gasteiger partial charge in [-0.25, -0.2) is 0 Å². The number of ether oxygens (including phenoxy) is 1. The molecule has 37 heavy (non-hydrogen) atoms. The van der Waals surface area contributed by atoms with Crippen LogP contribution in [0.25, 0.3) is 0 Å². The van der Waals surface area contributed by atoms with Crippen molar-refractivity contribution < 1.29 is 14.3 Å². The number of fused-ring (bicyclic) bond motifs is 1. The number of carbonyl (C=O) groups excluding carboxylic acids is 2. The van der Waals surface area contributed by atoms with E-state index in [0.717, 1.165) is 55.5 Å². The van der Waals surface area contributed by atoms with Gasteiger partial charge in [0.1, 0.15) is 5.75 Å². The highest BCUT2D eigenvalue weighted by molar-refractivity contribution is 5.80. The quantitative estimate of drug-likeness (QED) is 0.486. The summed E-state index contributed by atoms with van der Waals surface area (Å²) < 4.78 is 5.90. The SMILES string of the molecule is Cc1ccc([C@@H]2c3cc(OCC(=O)NCCc4ccccn4)ccc3CCN2C(=O)C2CCCC2)cc1. The maximum absolute atomic E-state index is 13.6. The molecule has 1 aromatic heterocycles. The molecule has 1 saturated carbocycles. The van der Waals surface area contributed by atoms with Crippen LogP contribution in [-0.4, -0.2) is 41.4 Å². The summed E-state index contributed by atoms with van der Waals surface area (Å²) in [6, 6.07) is 20.1. The monoisotopic (exact) mass is 497 g/mol. The number of hydrogen-bond acceptors (Lipinski definition) is 4. The molecule has 1 aliphatic heterocycles. The van der Waals surface area contributed by atoms with Gasteiger partial charge in [0.2, 0.25) is 5.91 Å². The molecule has 2 aliphatic rings. The molecule has 0 saturated heterocycles. The van der Waals surface area contributed by atoms with E-state index < -0.39 is 0 Å². The molecule has 6 heteroatoms. The average Bonchev–Trinajstić information content (AvgIpc) is 3.47. The van der Waals surface area contributed by atoms with E-state index in [9.17, 15) is 9.59 Å². The Bertz CT molecular complexity index is 1220.